The molecule has 0 bridgehead atoms. The molecule has 0 spiro atoms. The summed E-state index contributed by atoms with van der Waals surface area (Å²) in [4.78, 5) is 36.0. The molecule has 32 heavy (non-hydrogen) atoms. The molecule has 4 rings (SSSR count). The van der Waals surface area contributed by atoms with E-state index < -0.39 is 24.0 Å². The maximum absolute atomic E-state index is 12.5. The molecule has 162 valence electrons. The number of nitrogens with one attached hydrogen (secondary N) is 2. The topological polar surface area (TPSA) is 105 Å². The van der Waals surface area contributed by atoms with Crippen LogP contribution >= 0.6 is 0 Å². The molecule has 1 aliphatic carbocycles. The van der Waals surface area contributed by atoms with Crippen LogP contribution in [0.5, 0.6) is 0 Å². The zero-order valence-corrected chi connectivity index (χ0v) is 17.4. The minimum Gasteiger partial charge on any atom is -0.480 e. The Labute approximate surface area is 185 Å². The zero-order valence-electron chi connectivity index (χ0n) is 17.4. The fourth-order valence-electron chi connectivity index (χ4n) is 3.87. The summed E-state index contributed by atoms with van der Waals surface area (Å²) in [5.41, 5.74) is 4.85. The van der Waals surface area contributed by atoms with E-state index in [1.807, 2.05) is 36.4 Å². The van der Waals surface area contributed by atoms with Gasteiger partial charge in [-0.3, -0.25) is 14.9 Å². The predicted octanol–water partition coefficient (Wildman–Crippen LogP) is 4.25. The van der Waals surface area contributed by atoms with Crippen molar-refractivity contribution in [2.24, 2.45) is 0 Å². The van der Waals surface area contributed by atoms with Crippen LogP contribution in [0.25, 0.3) is 11.1 Å². The molecule has 1 unspecified atom stereocenters. The van der Waals surface area contributed by atoms with Crippen molar-refractivity contribution in [3.63, 3.8) is 0 Å². The van der Waals surface area contributed by atoms with Crippen molar-refractivity contribution < 1.29 is 24.2 Å². The maximum Gasteiger partial charge on any atom is 0.411 e. The number of carboxylic acid groups (broad SMARTS) is 1. The third-order valence-electron chi connectivity index (χ3n) is 5.47. The van der Waals surface area contributed by atoms with Crippen LogP contribution in [-0.4, -0.2) is 35.7 Å². The molecule has 3 aromatic rings. The fraction of sp³-hybridized carbons (Fsp3) is 0.160. The molecule has 0 aromatic heterocycles. The van der Waals surface area contributed by atoms with Crippen molar-refractivity contribution in [3.05, 3.63) is 89.5 Å². The first-order valence-electron chi connectivity index (χ1n) is 10.2. The van der Waals surface area contributed by atoms with E-state index in [0.29, 0.717) is 0 Å². The summed E-state index contributed by atoms with van der Waals surface area (Å²) >= 11 is 0. The largest absolute Gasteiger partial charge is 0.480 e. The summed E-state index contributed by atoms with van der Waals surface area (Å²) in [6.07, 6.45) is -0.696. The summed E-state index contributed by atoms with van der Waals surface area (Å²) in [5, 5.41) is 14.0. The Morgan fingerprint density at radius 1 is 0.906 bits per heavy atom. The maximum atomic E-state index is 12.5. The molecule has 1 aliphatic rings. The average molecular weight is 430 g/mol. The predicted molar refractivity (Wildman–Crippen MR) is 120 cm³/mol. The first-order valence-corrected chi connectivity index (χ1v) is 10.2. The van der Waals surface area contributed by atoms with Gasteiger partial charge in [0, 0.05) is 5.92 Å². The molecule has 7 heteroatoms. The molecule has 0 radical (unpaired) electrons. The molecule has 2 amide bonds. The molecule has 3 aromatic carbocycles. The van der Waals surface area contributed by atoms with Crippen LogP contribution in [0.3, 0.4) is 0 Å². The van der Waals surface area contributed by atoms with Gasteiger partial charge in [0.1, 0.15) is 12.6 Å². The number of fused-ring (bicyclic) bond motifs is 3. The van der Waals surface area contributed by atoms with E-state index in [9.17, 15) is 14.4 Å². The Hall–Kier alpha value is -4.13. The highest BCUT2D eigenvalue weighted by Crippen LogP contribution is 2.44. The number of anilines is 1. The van der Waals surface area contributed by atoms with Crippen LogP contribution in [0.1, 0.15) is 34.3 Å². The Balaban J connectivity index is 1.46. The average Bonchev–Trinajstić information content (AvgIpc) is 3.11. The highest BCUT2D eigenvalue weighted by Gasteiger charge is 2.29. The smallest absolute Gasteiger partial charge is 0.411 e. The van der Waals surface area contributed by atoms with Gasteiger partial charge in [0.05, 0.1) is 11.3 Å². The van der Waals surface area contributed by atoms with Crippen LogP contribution in [0.15, 0.2) is 72.8 Å². The summed E-state index contributed by atoms with van der Waals surface area (Å²) in [6, 6.07) is 21.4. The number of carbonyl (C=O) groups excluding carboxylic acids is 2. The number of rotatable bonds is 6. The second-order valence-corrected chi connectivity index (χ2v) is 7.53. The number of carbonyl (C=O) groups is 3. The number of ether oxygens (including phenoxy) is 1. The molecular weight excluding hydrogens is 408 g/mol. The summed E-state index contributed by atoms with van der Waals surface area (Å²) in [5.74, 6) is -1.84. The van der Waals surface area contributed by atoms with Crippen molar-refractivity contribution in [1.82, 2.24) is 5.32 Å². The molecule has 0 saturated heterocycles. The van der Waals surface area contributed by atoms with E-state index in [4.69, 9.17) is 9.84 Å². The van der Waals surface area contributed by atoms with Crippen molar-refractivity contribution >= 4 is 23.7 Å². The molecular formula is C25H22N2O5. The molecule has 0 aliphatic heterocycles. The second-order valence-electron chi connectivity index (χ2n) is 7.53. The van der Waals surface area contributed by atoms with Gasteiger partial charge in [-0.1, -0.05) is 60.7 Å². The SMILES string of the molecule is CC(NC(=O)c1ccccc1NC(=O)OCC1c2ccccc2-c2ccccc21)C(=O)O. The van der Waals surface area contributed by atoms with Gasteiger partial charge in [-0.25, -0.2) is 4.79 Å². The lowest BCUT2D eigenvalue weighted by Gasteiger charge is -2.16. The van der Waals surface area contributed by atoms with Gasteiger partial charge in [0.25, 0.3) is 5.91 Å². The van der Waals surface area contributed by atoms with E-state index in [1.54, 1.807) is 18.2 Å². The molecule has 3 N–H and O–H groups in total. The van der Waals surface area contributed by atoms with Crippen molar-refractivity contribution in [2.75, 3.05) is 11.9 Å². The van der Waals surface area contributed by atoms with Gasteiger partial charge in [0.15, 0.2) is 0 Å². The monoisotopic (exact) mass is 430 g/mol. The van der Waals surface area contributed by atoms with Crippen LogP contribution in [0.4, 0.5) is 10.5 Å². The van der Waals surface area contributed by atoms with E-state index in [-0.39, 0.29) is 23.8 Å². The highest BCUT2D eigenvalue weighted by atomic mass is 16.5. The van der Waals surface area contributed by atoms with Crippen molar-refractivity contribution in [2.45, 2.75) is 18.9 Å². The van der Waals surface area contributed by atoms with Gasteiger partial charge in [-0.15, -0.1) is 0 Å². The van der Waals surface area contributed by atoms with Gasteiger partial charge >= 0.3 is 12.1 Å². The highest BCUT2D eigenvalue weighted by molar-refractivity contribution is 6.03. The Bertz CT molecular complexity index is 1140. The quantitative estimate of drug-likeness (QED) is 0.542. The number of para-hydroxylation sites is 1. The normalized spacial score (nSPS) is 12.9. The van der Waals surface area contributed by atoms with Crippen molar-refractivity contribution in [3.8, 4) is 11.1 Å². The molecule has 1 atom stereocenters. The Morgan fingerprint density at radius 3 is 2.09 bits per heavy atom. The third-order valence-corrected chi connectivity index (χ3v) is 5.47. The summed E-state index contributed by atoms with van der Waals surface area (Å²) in [6.45, 7) is 1.51. The number of hydrogen-bond acceptors (Lipinski definition) is 4. The lowest BCUT2D eigenvalue weighted by Crippen LogP contribution is -2.38. The standard InChI is InChI=1S/C25H22N2O5/c1-15(24(29)30)26-23(28)20-12-6-7-13-22(20)27-25(31)32-14-21-18-10-4-2-8-16(18)17-9-3-5-11-19(17)21/h2-13,15,21H,14H2,1H3,(H,26,28)(H,27,31)(H,29,30). The Kier molecular flexibility index (Phi) is 5.89. The Morgan fingerprint density at radius 2 is 1.47 bits per heavy atom. The van der Waals surface area contributed by atoms with Crippen LogP contribution in [0.2, 0.25) is 0 Å². The van der Waals surface area contributed by atoms with Crippen molar-refractivity contribution in [1.29, 1.82) is 0 Å². The van der Waals surface area contributed by atoms with E-state index in [0.717, 1.165) is 22.3 Å². The lowest BCUT2D eigenvalue weighted by atomic mass is 9.98. The molecule has 0 heterocycles. The molecule has 0 fully saturated rings. The number of aliphatic carboxylic acids is 1. The van der Waals surface area contributed by atoms with E-state index in [1.165, 1.54) is 13.0 Å². The number of carboxylic acids is 1. The minimum absolute atomic E-state index is 0.0805. The van der Waals surface area contributed by atoms with Gasteiger partial charge in [0.2, 0.25) is 0 Å². The van der Waals surface area contributed by atoms with Crippen LogP contribution in [-0.2, 0) is 9.53 Å². The number of benzene rings is 3. The van der Waals surface area contributed by atoms with E-state index in [2.05, 4.69) is 22.8 Å². The van der Waals surface area contributed by atoms with Crippen LogP contribution < -0.4 is 10.6 Å². The first-order chi connectivity index (χ1) is 15.5. The minimum atomic E-state index is -1.15. The second kappa shape index (κ2) is 8.93. The molecule has 7 nitrogen and oxygen atoms in total. The first kappa shape index (κ1) is 21.1. The van der Waals surface area contributed by atoms with Gasteiger partial charge in [-0.2, -0.15) is 0 Å². The fourth-order valence-corrected chi connectivity index (χ4v) is 3.87. The summed E-state index contributed by atoms with van der Waals surface area (Å²) in [7, 11) is 0. The number of amides is 2. The van der Waals surface area contributed by atoms with Gasteiger partial charge in [-0.05, 0) is 41.3 Å². The number of hydrogen-bond donors (Lipinski definition) is 3. The lowest BCUT2D eigenvalue weighted by molar-refractivity contribution is -0.138. The van der Waals surface area contributed by atoms with Crippen LogP contribution in [0, 0.1) is 0 Å². The summed E-state index contributed by atoms with van der Waals surface area (Å²) < 4.78 is 5.52. The van der Waals surface area contributed by atoms with Gasteiger partial charge < -0.3 is 15.2 Å². The third kappa shape index (κ3) is 4.18. The van der Waals surface area contributed by atoms with E-state index >= 15 is 0 Å². The molecule has 0 saturated carbocycles. The zero-order chi connectivity index (χ0) is 22.7.